The Hall–Kier alpha value is -1.62. The molecule has 0 radical (unpaired) electrons. The molecular weight excluding hydrogens is 268 g/mol. The molecule has 19 heavy (non-hydrogen) atoms. The maximum atomic E-state index is 11.7. The SMILES string of the molecule is C[C@H](NC(=O)COC(=O)c1cccnc1Cl)C1CC1. The van der Waals surface area contributed by atoms with Crippen molar-refractivity contribution < 1.29 is 14.3 Å². The van der Waals surface area contributed by atoms with E-state index in [4.69, 9.17) is 16.3 Å². The van der Waals surface area contributed by atoms with E-state index in [1.54, 1.807) is 6.07 Å². The molecule has 2 rings (SSSR count). The molecule has 102 valence electrons. The van der Waals surface area contributed by atoms with Crippen LogP contribution in [0.4, 0.5) is 0 Å². The van der Waals surface area contributed by atoms with Crippen molar-refractivity contribution in [1.82, 2.24) is 10.3 Å². The van der Waals surface area contributed by atoms with Crippen LogP contribution in [0, 0.1) is 5.92 Å². The van der Waals surface area contributed by atoms with Crippen molar-refractivity contribution in [3.05, 3.63) is 29.0 Å². The highest BCUT2D eigenvalue weighted by atomic mass is 35.5. The molecule has 1 amide bonds. The van der Waals surface area contributed by atoms with Crippen LogP contribution in [0.2, 0.25) is 5.15 Å². The number of pyridine rings is 1. The normalized spacial score (nSPS) is 15.7. The molecule has 0 aliphatic heterocycles. The number of nitrogens with one attached hydrogen (secondary N) is 1. The number of hydrogen-bond acceptors (Lipinski definition) is 4. The molecule has 1 aromatic rings. The second kappa shape index (κ2) is 6.02. The first-order valence-electron chi connectivity index (χ1n) is 6.15. The standard InChI is InChI=1S/C13H15ClN2O3/c1-8(9-4-5-9)16-11(17)7-19-13(18)10-3-2-6-15-12(10)14/h2-3,6,8-9H,4-5,7H2,1H3,(H,16,17)/t8-/m0/s1. The molecule has 1 heterocycles. The lowest BCUT2D eigenvalue weighted by Gasteiger charge is -2.12. The van der Waals surface area contributed by atoms with Crippen molar-refractivity contribution in [2.75, 3.05) is 6.61 Å². The maximum Gasteiger partial charge on any atom is 0.341 e. The molecule has 1 aliphatic rings. The van der Waals surface area contributed by atoms with Crippen LogP contribution in [0.1, 0.15) is 30.1 Å². The first kappa shape index (κ1) is 13.8. The molecule has 1 N–H and O–H groups in total. The fraction of sp³-hybridized carbons (Fsp3) is 0.462. The highest BCUT2D eigenvalue weighted by Gasteiger charge is 2.29. The molecular formula is C13H15ClN2O3. The Balaban J connectivity index is 1.80. The van der Waals surface area contributed by atoms with Gasteiger partial charge in [0.2, 0.25) is 0 Å². The van der Waals surface area contributed by atoms with E-state index < -0.39 is 5.97 Å². The van der Waals surface area contributed by atoms with E-state index in [-0.39, 0.29) is 29.3 Å². The first-order chi connectivity index (χ1) is 9.08. The third kappa shape index (κ3) is 3.92. The van der Waals surface area contributed by atoms with Crippen molar-refractivity contribution in [3.63, 3.8) is 0 Å². The molecule has 1 fully saturated rings. The van der Waals surface area contributed by atoms with E-state index in [1.165, 1.54) is 12.3 Å². The average Bonchev–Trinajstić information content (AvgIpc) is 3.20. The van der Waals surface area contributed by atoms with Crippen LogP contribution in [0.15, 0.2) is 18.3 Å². The van der Waals surface area contributed by atoms with Gasteiger partial charge in [0, 0.05) is 12.2 Å². The second-order valence-corrected chi connectivity index (χ2v) is 4.97. The van der Waals surface area contributed by atoms with Crippen LogP contribution >= 0.6 is 11.6 Å². The Morgan fingerprint density at radius 1 is 1.58 bits per heavy atom. The maximum absolute atomic E-state index is 11.7. The Morgan fingerprint density at radius 3 is 2.95 bits per heavy atom. The number of amides is 1. The second-order valence-electron chi connectivity index (χ2n) is 4.61. The number of ether oxygens (including phenoxy) is 1. The van der Waals surface area contributed by atoms with Gasteiger partial charge >= 0.3 is 5.97 Å². The Kier molecular flexibility index (Phi) is 4.37. The molecule has 5 nitrogen and oxygen atoms in total. The topological polar surface area (TPSA) is 68.3 Å². The Labute approximate surface area is 116 Å². The van der Waals surface area contributed by atoms with Gasteiger partial charge in [-0.15, -0.1) is 0 Å². The van der Waals surface area contributed by atoms with E-state index >= 15 is 0 Å². The number of esters is 1. The highest BCUT2D eigenvalue weighted by molar-refractivity contribution is 6.32. The molecule has 0 saturated heterocycles. The molecule has 1 atom stereocenters. The summed E-state index contributed by atoms with van der Waals surface area (Å²) in [6.45, 7) is 1.65. The number of nitrogens with zero attached hydrogens (tertiary/aromatic N) is 1. The summed E-state index contributed by atoms with van der Waals surface area (Å²) in [4.78, 5) is 27.0. The quantitative estimate of drug-likeness (QED) is 0.660. The van der Waals surface area contributed by atoms with Crippen molar-refractivity contribution in [2.45, 2.75) is 25.8 Å². The van der Waals surface area contributed by atoms with Crippen LogP contribution in [0.5, 0.6) is 0 Å². The van der Waals surface area contributed by atoms with Crippen molar-refractivity contribution in [2.24, 2.45) is 5.92 Å². The molecule has 0 aromatic carbocycles. The third-order valence-corrected chi connectivity index (χ3v) is 3.33. The van der Waals surface area contributed by atoms with Crippen LogP contribution in [-0.4, -0.2) is 29.5 Å². The zero-order chi connectivity index (χ0) is 13.8. The molecule has 1 aromatic heterocycles. The van der Waals surface area contributed by atoms with E-state index in [1.807, 2.05) is 6.92 Å². The van der Waals surface area contributed by atoms with Gasteiger partial charge in [-0.3, -0.25) is 4.79 Å². The number of carbonyl (C=O) groups excluding carboxylic acids is 2. The molecule has 6 heteroatoms. The van der Waals surface area contributed by atoms with Gasteiger partial charge in [-0.1, -0.05) is 11.6 Å². The summed E-state index contributed by atoms with van der Waals surface area (Å²) in [7, 11) is 0. The number of hydrogen-bond donors (Lipinski definition) is 1. The van der Waals surface area contributed by atoms with E-state index in [0.717, 1.165) is 12.8 Å². The molecule has 0 unspecified atom stereocenters. The monoisotopic (exact) mass is 282 g/mol. The molecule has 0 bridgehead atoms. The fourth-order valence-corrected chi connectivity index (χ4v) is 1.95. The van der Waals surface area contributed by atoms with E-state index in [0.29, 0.717) is 5.92 Å². The van der Waals surface area contributed by atoms with Gasteiger partial charge in [0.15, 0.2) is 6.61 Å². The summed E-state index contributed by atoms with van der Waals surface area (Å²) in [6.07, 6.45) is 3.77. The summed E-state index contributed by atoms with van der Waals surface area (Å²) < 4.78 is 4.90. The molecule has 1 saturated carbocycles. The predicted octanol–water partition coefficient (Wildman–Crippen LogP) is 1.81. The highest BCUT2D eigenvalue weighted by Crippen LogP contribution is 2.32. The van der Waals surface area contributed by atoms with Gasteiger partial charge in [0.1, 0.15) is 5.15 Å². The van der Waals surface area contributed by atoms with E-state index in [2.05, 4.69) is 10.3 Å². The zero-order valence-electron chi connectivity index (χ0n) is 10.6. The van der Waals surface area contributed by atoms with Crippen molar-refractivity contribution in [3.8, 4) is 0 Å². The van der Waals surface area contributed by atoms with Crippen LogP contribution in [0.25, 0.3) is 0 Å². The minimum absolute atomic E-state index is 0.0688. The smallest absolute Gasteiger partial charge is 0.341 e. The largest absolute Gasteiger partial charge is 0.452 e. The number of halogens is 1. The van der Waals surface area contributed by atoms with Crippen LogP contribution in [-0.2, 0) is 9.53 Å². The average molecular weight is 283 g/mol. The van der Waals surface area contributed by atoms with Gasteiger partial charge in [0.05, 0.1) is 5.56 Å². The molecule has 1 aliphatic carbocycles. The minimum atomic E-state index is -0.646. The number of rotatable bonds is 5. The summed E-state index contributed by atoms with van der Waals surface area (Å²) >= 11 is 5.76. The van der Waals surface area contributed by atoms with Gasteiger partial charge in [-0.05, 0) is 37.8 Å². The van der Waals surface area contributed by atoms with Gasteiger partial charge in [-0.2, -0.15) is 0 Å². The number of aromatic nitrogens is 1. The fourth-order valence-electron chi connectivity index (χ4n) is 1.76. The van der Waals surface area contributed by atoms with Gasteiger partial charge in [0.25, 0.3) is 5.91 Å². The Morgan fingerprint density at radius 2 is 2.32 bits per heavy atom. The summed E-state index contributed by atoms with van der Waals surface area (Å²) in [5, 5.41) is 2.87. The zero-order valence-corrected chi connectivity index (χ0v) is 11.3. The Bertz CT molecular complexity index is 489. The molecule has 0 spiro atoms. The first-order valence-corrected chi connectivity index (χ1v) is 6.52. The summed E-state index contributed by atoms with van der Waals surface area (Å²) in [5.41, 5.74) is 0.159. The van der Waals surface area contributed by atoms with Crippen molar-refractivity contribution >= 4 is 23.5 Å². The lowest BCUT2D eigenvalue weighted by atomic mass is 10.2. The van der Waals surface area contributed by atoms with Gasteiger partial charge in [-0.25, -0.2) is 9.78 Å². The van der Waals surface area contributed by atoms with Crippen molar-refractivity contribution in [1.29, 1.82) is 0 Å². The number of carbonyl (C=O) groups is 2. The summed E-state index contributed by atoms with van der Waals surface area (Å²) in [6, 6.07) is 3.22. The van der Waals surface area contributed by atoms with Crippen LogP contribution < -0.4 is 5.32 Å². The predicted molar refractivity (Wildman–Crippen MR) is 69.9 cm³/mol. The van der Waals surface area contributed by atoms with E-state index in [9.17, 15) is 9.59 Å². The minimum Gasteiger partial charge on any atom is -0.452 e. The lowest BCUT2D eigenvalue weighted by molar-refractivity contribution is -0.124. The third-order valence-electron chi connectivity index (χ3n) is 3.03. The van der Waals surface area contributed by atoms with Crippen LogP contribution in [0.3, 0.4) is 0 Å². The lowest BCUT2D eigenvalue weighted by Crippen LogP contribution is -2.37. The van der Waals surface area contributed by atoms with Gasteiger partial charge < -0.3 is 10.1 Å². The summed E-state index contributed by atoms with van der Waals surface area (Å²) in [5.74, 6) is -0.382.